The molecule has 100 valence electrons. The van der Waals surface area contributed by atoms with E-state index in [9.17, 15) is 4.79 Å². The van der Waals surface area contributed by atoms with Crippen molar-refractivity contribution in [3.05, 3.63) is 30.1 Å². The quantitative estimate of drug-likeness (QED) is 0.885. The fraction of sp³-hybridized carbons (Fsp3) is 0.571. The smallest absolute Gasteiger partial charge is 0.224 e. The molecule has 1 aliphatic heterocycles. The molecular formula is C14H23N3O. The van der Waals surface area contributed by atoms with Crippen LogP contribution in [0.2, 0.25) is 0 Å². The number of rotatable bonds is 3. The Bertz CT molecular complexity index is 353. The molecule has 0 aliphatic carbocycles. The van der Waals surface area contributed by atoms with Crippen molar-refractivity contribution in [2.75, 3.05) is 13.1 Å². The van der Waals surface area contributed by atoms with Crippen molar-refractivity contribution in [1.82, 2.24) is 9.88 Å². The highest BCUT2D eigenvalue weighted by Crippen LogP contribution is 2.10. The Morgan fingerprint density at radius 2 is 2.06 bits per heavy atom. The first kappa shape index (κ1) is 14.6. The summed E-state index contributed by atoms with van der Waals surface area (Å²) < 4.78 is 0. The van der Waals surface area contributed by atoms with Crippen molar-refractivity contribution in [1.29, 1.82) is 0 Å². The molecular weight excluding hydrogens is 226 g/mol. The van der Waals surface area contributed by atoms with Crippen LogP contribution in [0.15, 0.2) is 24.5 Å². The number of pyridine rings is 1. The fourth-order valence-corrected chi connectivity index (χ4v) is 1.95. The predicted octanol–water partition coefficient (Wildman–Crippen LogP) is 1.60. The molecule has 0 radical (unpaired) electrons. The van der Waals surface area contributed by atoms with Crippen molar-refractivity contribution < 1.29 is 4.79 Å². The number of carbonyl (C=O) groups excluding carboxylic acids is 1. The minimum Gasteiger partial charge on any atom is -0.342 e. The lowest BCUT2D eigenvalue weighted by molar-refractivity contribution is -0.133. The topological polar surface area (TPSA) is 59.2 Å². The first-order chi connectivity index (χ1) is 8.75. The van der Waals surface area contributed by atoms with Gasteiger partial charge in [-0.05, 0) is 30.5 Å². The summed E-state index contributed by atoms with van der Waals surface area (Å²) in [5.41, 5.74) is 6.96. The van der Waals surface area contributed by atoms with Gasteiger partial charge in [-0.15, -0.1) is 0 Å². The Morgan fingerprint density at radius 3 is 2.67 bits per heavy atom. The first-order valence-electron chi connectivity index (χ1n) is 6.68. The van der Waals surface area contributed by atoms with Crippen LogP contribution in [0.3, 0.4) is 0 Å². The maximum atomic E-state index is 11.7. The van der Waals surface area contributed by atoms with Gasteiger partial charge in [0.15, 0.2) is 0 Å². The SMILES string of the molecule is CC.NC1CCN(CCc2ccncc2)C(=O)C1. The molecule has 18 heavy (non-hydrogen) atoms. The van der Waals surface area contributed by atoms with Crippen LogP contribution < -0.4 is 5.73 Å². The third-order valence-corrected chi connectivity index (χ3v) is 2.98. The average molecular weight is 249 g/mol. The number of likely N-dealkylation sites (tertiary alicyclic amines) is 1. The summed E-state index contributed by atoms with van der Waals surface area (Å²) in [6.07, 6.45) is 5.87. The van der Waals surface area contributed by atoms with Gasteiger partial charge in [0.2, 0.25) is 5.91 Å². The van der Waals surface area contributed by atoms with E-state index in [-0.39, 0.29) is 11.9 Å². The Hall–Kier alpha value is -1.42. The second-order valence-corrected chi connectivity index (χ2v) is 4.24. The molecule has 4 nitrogen and oxygen atoms in total. The van der Waals surface area contributed by atoms with Gasteiger partial charge in [-0.3, -0.25) is 9.78 Å². The molecule has 1 amide bonds. The molecule has 1 aliphatic rings. The van der Waals surface area contributed by atoms with E-state index in [2.05, 4.69) is 4.98 Å². The van der Waals surface area contributed by atoms with E-state index in [0.29, 0.717) is 6.42 Å². The molecule has 1 atom stereocenters. The van der Waals surface area contributed by atoms with Crippen LogP contribution in [-0.2, 0) is 11.2 Å². The third-order valence-electron chi connectivity index (χ3n) is 2.98. The molecule has 0 saturated carbocycles. The number of carbonyl (C=O) groups is 1. The molecule has 2 N–H and O–H groups in total. The lowest BCUT2D eigenvalue weighted by Gasteiger charge is -2.30. The predicted molar refractivity (Wildman–Crippen MR) is 73.1 cm³/mol. The van der Waals surface area contributed by atoms with E-state index < -0.39 is 0 Å². The highest BCUT2D eigenvalue weighted by molar-refractivity contribution is 5.77. The lowest BCUT2D eigenvalue weighted by atomic mass is 10.0. The number of hydrogen-bond acceptors (Lipinski definition) is 3. The number of nitrogens with two attached hydrogens (primary N) is 1. The van der Waals surface area contributed by atoms with E-state index in [1.54, 1.807) is 12.4 Å². The fourth-order valence-electron chi connectivity index (χ4n) is 1.95. The van der Waals surface area contributed by atoms with Crippen LogP contribution in [-0.4, -0.2) is 34.9 Å². The zero-order valence-corrected chi connectivity index (χ0v) is 11.3. The summed E-state index contributed by atoms with van der Waals surface area (Å²) in [7, 11) is 0. The summed E-state index contributed by atoms with van der Waals surface area (Å²) in [6.45, 7) is 5.58. The molecule has 1 aromatic heterocycles. The van der Waals surface area contributed by atoms with E-state index >= 15 is 0 Å². The van der Waals surface area contributed by atoms with Gasteiger partial charge in [0, 0.05) is 37.9 Å². The van der Waals surface area contributed by atoms with Gasteiger partial charge in [0.05, 0.1) is 0 Å². The van der Waals surface area contributed by atoms with Crippen molar-refractivity contribution in [3.63, 3.8) is 0 Å². The number of piperidine rings is 1. The molecule has 2 rings (SSSR count). The van der Waals surface area contributed by atoms with Crippen LogP contribution in [0.25, 0.3) is 0 Å². The standard InChI is InChI=1S/C12H17N3O.C2H6/c13-11-4-8-15(12(16)9-11)7-3-10-1-5-14-6-2-10;1-2/h1-2,5-6,11H,3-4,7-9,13H2;1-2H3. The van der Waals surface area contributed by atoms with Gasteiger partial charge in [-0.25, -0.2) is 0 Å². The number of hydrogen-bond donors (Lipinski definition) is 1. The Labute approximate surface area is 109 Å². The molecule has 1 fully saturated rings. The zero-order valence-electron chi connectivity index (χ0n) is 11.3. The maximum absolute atomic E-state index is 11.7. The van der Waals surface area contributed by atoms with Crippen LogP contribution in [0.4, 0.5) is 0 Å². The number of aromatic nitrogens is 1. The Morgan fingerprint density at radius 1 is 1.39 bits per heavy atom. The second kappa shape index (κ2) is 7.82. The monoisotopic (exact) mass is 249 g/mol. The van der Waals surface area contributed by atoms with E-state index in [0.717, 1.165) is 25.9 Å². The summed E-state index contributed by atoms with van der Waals surface area (Å²) in [6, 6.07) is 4.03. The normalized spacial score (nSPS) is 19.2. The maximum Gasteiger partial charge on any atom is 0.224 e. The van der Waals surface area contributed by atoms with Gasteiger partial charge in [-0.1, -0.05) is 13.8 Å². The third kappa shape index (κ3) is 4.45. The molecule has 2 heterocycles. The van der Waals surface area contributed by atoms with Crippen LogP contribution in [0.1, 0.15) is 32.3 Å². The van der Waals surface area contributed by atoms with Gasteiger partial charge >= 0.3 is 0 Å². The van der Waals surface area contributed by atoms with Gasteiger partial charge in [0.1, 0.15) is 0 Å². The molecule has 0 aromatic carbocycles. The largest absolute Gasteiger partial charge is 0.342 e. The first-order valence-corrected chi connectivity index (χ1v) is 6.68. The summed E-state index contributed by atoms with van der Waals surface area (Å²) in [4.78, 5) is 17.5. The number of nitrogens with zero attached hydrogens (tertiary/aromatic N) is 2. The van der Waals surface area contributed by atoms with Crippen molar-refractivity contribution in [2.45, 2.75) is 39.2 Å². The van der Waals surface area contributed by atoms with Crippen molar-refractivity contribution >= 4 is 5.91 Å². The molecule has 4 heteroatoms. The summed E-state index contributed by atoms with van der Waals surface area (Å²) in [5.74, 6) is 0.188. The minimum atomic E-state index is 0.0599. The molecule has 1 aromatic rings. The van der Waals surface area contributed by atoms with Crippen LogP contribution in [0, 0.1) is 0 Å². The number of amides is 1. The van der Waals surface area contributed by atoms with Crippen LogP contribution in [0.5, 0.6) is 0 Å². The molecule has 0 bridgehead atoms. The minimum absolute atomic E-state index is 0.0599. The van der Waals surface area contributed by atoms with Gasteiger partial charge in [-0.2, -0.15) is 0 Å². The van der Waals surface area contributed by atoms with Crippen molar-refractivity contribution in [3.8, 4) is 0 Å². The van der Waals surface area contributed by atoms with Crippen LogP contribution >= 0.6 is 0 Å². The highest BCUT2D eigenvalue weighted by Gasteiger charge is 2.22. The lowest BCUT2D eigenvalue weighted by Crippen LogP contribution is -2.44. The molecule has 0 spiro atoms. The van der Waals surface area contributed by atoms with Gasteiger partial charge < -0.3 is 10.6 Å². The zero-order chi connectivity index (χ0) is 13.4. The molecule has 1 unspecified atom stereocenters. The van der Waals surface area contributed by atoms with Crippen molar-refractivity contribution in [2.24, 2.45) is 5.73 Å². The van der Waals surface area contributed by atoms with E-state index in [1.165, 1.54) is 5.56 Å². The summed E-state index contributed by atoms with van der Waals surface area (Å²) in [5, 5.41) is 0. The second-order valence-electron chi connectivity index (χ2n) is 4.24. The molecule has 1 saturated heterocycles. The average Bonchev–Trinajstić information content (AvgIpc) is 2.41. The Balaban J connectivity index is 0.000000771. The summed E-state index contributed by atoms with van der Waals surface area (Å²) >= 11 is 0. The van der Waals surface area contributed by atoms with E-state index in [1.807, 2.05) is 30.9 Å². The highest BCUT2D eigenvalue weighted by atomic mass is 16.2. The van der Waals surface area contributed by atoms with E-state index in [4.69, 9.17) is 5.73 Å². The Kier molecular flexibility index (Phi) is 6.36. The van der Waals surface area contributed by atoms with Gasteiger partial charge in [0.25, 0.3) is 0 Å².